The van der Waals surface area contributed by atoms with Gasteiger partial charge in [-0.15, -0.1) is 0 Å². The quantitative estimate of drug-likeness (QED) is 0.304. The van der Waals surface area contributed by atoms with Gasteiger partial charge in [0, 0.05) is 19.4 Å². The van der Waals surface area contributed by atoms with Gasteiger partial charge in [0.2, 0.25) is 10.0 Å². The van der Waals surface area contributed by atoms with Gasteiger partial charge >= 0.3 is 0 Å². The Balaban J connectivity index is 1.30. The van der Waals surface area contributed by atoms with Crippen molar-refractivity contribution < 1.29 is 27.4 Å². The first-order valence-corrected chi connectivity index (χ1v) is 16.6. The van der Waals surface area contributed by atoms with Crippen LogP contribution in [-0.4, -0.2) is 56.0 Å². The van der Waals surface area contributed by atoms with Crippen molar-refractivity contribution in [2.75, 3.05) is 13.2 Å². The third-order valence-electron chi connectivity index (χ3n) is 8.78. The van der Waals surface area contributed by atoms with Crippen LogP contribution in [0.3, 0.4) is 0 Å². The van der Waals surface area contributed by atoms with E-state index in [1.54, 1.807) is 16.4 Å². The summed E-state index contributed by atoms with van der Waals surface area (Å²) >= 11 is 0. The van der Waals surface area contributed by atoms with Gasteiger partial charge in [0.25, 0.3) is 0 Å². The van der Waals surface area contributed by atoms with Gasteiger partial charge in [-0.05, 0) is 49.4 Å². The lowest BCUT2D eigenvalue weighted by Crippen LogP contribution is -2.60. The summed E-state index contributed by atoms with van der Waals surface area (Å²) in [6.07, 6.45) is 4.25. The van der Waals surface area contributed by atoms with E-state index in [0.717, 1.165) is 42.4 Å². The molecule has 224 valence electrons. The Labute approximate surface area is 249 Å². The predicted molar refractivity (Wildman–Crippen MR) is 160 cm³/mol. The molecule has 7 nitrogen and oxygen atoms in total. The van der Waals surface area contributed by atoms with E-state index < -0.39 is 28.0 Å². The molecule has 3 aromatic rings. The van der Waals surface area contributed by atoms with Gasteiger partial charge in [-0.25, -0.2) is 8.42 Å². The van der Waals surface area contributed by atoms with Crippen molar-refractivity contribution >= 4 is 10.0 Å². The first kappa shape index (κ1) is 29.5. The Bertz CT molecular complexity index is 1390. The summed E-state index contributed by atoms with van der Waals surface area (Å²) in [7, 11) is -3.85. The summed E-state index contributed by atoms with van der Waals surface area (Å²) in [6.45, 7) is 3.27. The minimum atomic E-state index is -3.85. The van der Waals surface area contributed by atoms with Gasteiger partial charge in [-0.2, -0.15) is 4.31 Å². The molecule has 1 aliphatic carbocycles. The van der Waals surface area contributed by atoms with Gasteiger partial charge in [0.05, 0.1) is 43.0 Å². The van der Waals surface area contributed by atoms with Crippen LogP contribution in [0.25, 0.3) is 0 Å². The Morgan fingerprint density at radius 2 is 1.40 bits per heavy atom. The number of hydrogen-bond donors (Lipinski definition) is 0. The molecular weight excluding hydrogens is 550 g/mol. The number of nitrogens with zero attached hydrogens (tertiary/aromatic N) is 1. The highest BCUT2D eigenvalue weighted by Crippen LogP contribution is 2.42. The van der Waals surface area contributed by atoms with Crippen molar-refractivity contribution in [2.24, 2.45) is 0 Å². The van der Waals surface area contributed by atoms with Crippen LogP contribution in [0.5, 0.6) is 0 Å². The second kappa shape index (κ2) is 13.0. The van der Waals surface area contributed by atoms with E-state index in [1.165, 1.54) is 6.42 Å². The average Bonchev–Trinajstić information content (AvgIpc) is 3.43. The Kier molecular flexibility index (Phi) is 9.09. The summed E-state index contributed by atoms with van der Waals surface area (Å²) in [5.74, 6) is -0.608. The summed E-state index contributed by atoms with van der Waals surface area (Å²) in [4.78, 5) is 0.273. The molecule has 2 saturated heterocycles. The number of sulfonamides is 1. The van der Waals surface area contributed by atoms with Crippen molar-refractivity contribution in [3.63, 3.8) is 0 Å². The molecule has 0 unspecified atom stereocenters. The standard InChI is InChI=1S/C34H41NO6S/c1-26-15-17-29(18-16-26)42(36,37)35-22-32(39-24-28-13-7-3-8-14-28)31(38-23-27-11-5-2-6-12-27)21-30(35)33-25-40-34(41-33)19-9-4-10-20-34/h2-3,5-8,11-18,30-33H,4,9-10,19-25H2,1H3/t30-,31+,32-,33+/m0/s1. The Morgan fingerprint density at radius 3 is 2.02 bits per heavy atom. The molecular formula is C34H41NO6S. The molecule has 0 radical (unpaired) electrons. The summed E-state index contributed by atoms with van der Waals surface area (Å²) in [5.41, 5.74) is 3.10. The Morgan fingerprint density at radius 1 is 0.810 bits per heavy atom. The van der Waals surface area contributed by atoms with Gasteiger partial charge in [-0.1, -0.05) is 84.8 Å². The number of benzene rings is 3. The number of hydrogen-bond acceptors (Lipinski definition) is 6. The first-order chi connectivity index (χ1) is 20.4. The average molecular weight is 592 g/mol. The number of rotatable bonds is 9. The molecule has 0 bridgehead atoms. The van der Waals surface area contributed by atoms with Crippen LogP contribution in [0.4, 0.5) is 0 Å². The van der Waals surface area contributed by atoms with E-state index in [2.05, 4.69) is 0 Å². The van der Waals surface area contributed by atoms with E-state index in [4.69, 9.17) is 18.9 Å². The molecule has 0 aromatic heterocycles. The van der Waals surface area contributed by atoms with E-state index in [-0.39, 0.29) is 23.6 Å². The van der Waals surface area contributed by atoms with Gasteiger partial charge in [0.1, 0.15) is 6.10 Å². The third kappa shape index (κ3) is 6.64. The lowest BCUT2D eigenvalue weighted by atomic mass is 9.93. The fourth-order valence-electron chi connectivity index (χ4n) is 6.41. The number of piperidine rings is 1. The van der Waals surface area contributed by atoms with Crippen molar-refractivity contribution in [3.05, 3.63) is 102 Å². The molecule has 3 aromatic carbocycles. The molecule has 42 heavy (non-hydrogen) atoms. The van der Waals surface area contributed by atoms with Crippen LogP contribution in [-0.2, 0) is 42.2 Å². The topological polar surface area (TPSA) is 74.3 Å². The van der Waals surface area contributed by atoms with Crippen molar-refractivity contribution in [1.29, 1.82) is 0 Å². The van der Waals surface area contributed by atoms with Crippen LogP contribution >= 0.6 is 0 Å². The third-order valence-corrected chi connectivity index (χ3v) is 10.7. The monoisotopic (exact) mass is 591 g/mol. The maximum atomic E-state index is 14.3. The molecule has 2 aliphatic heterocycles. The molecule has 3 aliphatic rings. The molecule has 4 atom stereocenters. The molecule has 6 rings (SSSR count). The van der Waals surface area contributed by atoms with E-state index >= 15 is 0 Å². The zero-order valence-corrected chi connectivity index (χ0v) is 25.1. The molecule has 3 fully saturated rings. The van der Waals surface area contributed by atoms with E-state index in [1.807, 2.05) is 79.7 Å². The minimum absolute atomic E-state index is 0.167. The van der Waals surface area contributed by atoms with Crippen LogP contribution in [0, 0.1) is 6.92 Å². The maximum Gasteiger partial charge on any atom is 0.243 e. The molecule has 1 spiro atoms. The van der Waals surface area contributed by atoms with Crippen LogP contribution in [0.1, 0.15) is 55.2 Å². The van der Waals surface area contributed by atoms with Gasteiger partial charge < -0.3 is 18.9 Å². The lowest BCUT2D eigenvalue weighted by Gasteiger charge is -2.44. The van der Waals surface area contributed by atoms with E-state index in [9.17, 15) is 8.42 Å². The largest absolute Gasteiger partial charge is 0.371 e. The molecule has 1 saturated carbocycles. The first-order valence-electron chi connectivity index (χ1n) is 15.1. The second-order valence-electron chi connectivity index (χ2n) is 11.8. The highest BCUT2D eigenvalue weighted by molar-refractivity contribution is 7.89. The van der Waals surface area contributed by atoms with Crippen LogP contribution in [0.2, 0.25) is 0 Å². The molecule has 0 N–H and O–H groups in total. The van der Waals surface area contributed by atoms with Crippen molar-refractivity contribution in [2.45, 2.75) is 93.7 Å². The lowest BCUT2D eigenvalue weighted by molar-refractivity contribution is -0.197. The summed E-state index contributed by atoms with van der Waals surface area (Å²) in [6, 6.07) is 26.6. The normalized spacial score (nSPS) is 26.4. The minimum Gasteiger partial charge on any atom is -0.371 e. The highest BCUT2D eigenvalue weighted by atomic mass is 32.2. The molecule has 8 heteroatoms. The zero-order valence-electron chi connectivity index (χ0n) is 24.3. The Hall–Kier alpha value is -2.59. The van der Waals surface area contributed by atoms with Crippen LogP contribution < -0.4 is 0 Å². The van der Waals surface area contributed by atoms with Crippen LogP contribution in [0.15, 0.2) is 89.8 Å². The second-order valence-corrected chi connectivity index (χ2v) is 13.7. The number of ether oxygens (including phenoxy) is 4. The zero-order chi connectivity index (χ0) is 29.0. The maximum absolute atomic E-state index is 14.3. The van der Waals surface area contributed by atoms with Crippen molar-refractivity contribution in [3.8, 4) is 0 Å². The molecule has 2 heterocycles. The molecule has 0 amide bonds. The fraction of sp³-hybridized carbons (Fsp3) is 0.471. The van der Waals surface area contributed by atoms with Gasteiger partial charge in [-0.3, -0.25) is 0 Å². The van der Waals surface area contributed by atoms with Gasteiger partial charge in [0.15, 0.2) is 5.79 Å². The highest BCUT2D eigenvalue weighted by Gasteiger charge is 2.52. The fourth-order valence-corrected chi connectivity index (χ4v) is 8.08. The van der Waals surface area contributed by atoms with E-state index in [0.29, 0.717) is 26.2 Å². The number of aryl methyl sites for hydroxylation is 1. The summed E-state index contributed by atoms with van der Waals surface area (Å²) in [5, 5.41) is 0. The van der Waals surface area contributed by atoms with Crippen molar-refractivity contribution in [1.82, 2.24) is 4.31 Å². The predicted octanol–water partition coefficient (Wildman–Crippen LogP) is 6.00. The SMILES string of the molecule is Cc1ccc(S(=O)(=O)N2C[C@H](OCc3ccccc3)[C@H](OCc3ccccc3)C[C@H]2[C@H]2COC3(CCCCC3)O2)cc1. The smallest absolute Gasteiger partial charge is 0.243 e. The summed E-state index contributed by atoms with van der Waals surface area (Å²) < 4.78 is 56.1.